The van der Waals surface area contributed by atoms with Crippen LogP contribution in [0.5, 0.6) is 5.75 Å². The van der Waals surface area contributed by atoms with Gasteiger partial charge in [-0.15, -0.1) is 0 Å². The third kappa shape index (κ3) is 6.58. The number of halogens is 3. The van der Waals surface area contributed by atoms with E-state index >= 15 is 0 Å². The summed E-state index contributed by atoms with van der Waals surface area (Å²) in [5.41, 5.74) is 1.65. The molecule has 0 atom stereocenters. The lowest BCUT2D eigenvalue weighted by molar-refractivity contribution is -0.118. The van der Waals surface area contributed by atoms with Gasteiger partial charge >= 0.3 is 0 Å². The molecule has 3 aromatic rings. The van der Waals surface area contributed by atoms with Crippen LogP contribution in [0.15, 0.2) is 66.2 Å². The van der Waals surface area contributed by atoms with Crippen LogP contribution >= 0.6 is 23.2 Å². The largest absolute Gasteiger partial charge is 0.482 e. The van der Waals surface area contributed by atoms with E-state index in [0.717, 1.165) is 5.56 Å². The molecule has 9 heteroatoms. The second-order valence-electron chi connectivity index (χ2n) is 7.09. The lowest BCUT2D eigenvalue weighted by Crippen LogP contribution is -2.20. The Hall–Kier alpha value is -3.86. The topological polar surface area (TPSA) is 91.2 Å². The minimum Gasteiger partial charge on any atom is -0.482 e. The molecule has 0 aromatic heterocycles. The molecule has 0 unspecified atom stereocenters. The van der Waals surface area contributed by atoms with Gasteiger partial charge in [-0.05, 0) is 60.5 Å². The van der Waals surface area contributed by atoms with E-state index < -0.39 is 24.2 Å². The Morgan fingerprint density at radius 2 is 1.82 bits per heavy atom. The van der Waals surface area contributed by atoms with Crippen LogP contribution in [0.1, 0.15) is 11.1 Å². The van der Waals surface area contributed by atoms with Gasteiger partial charge in [0.2, 0.25) is 0 Å². The number of carbonyl (C=O) groups excluding carboxylic acids is 2. The number of carbonyl (C=O) groups is 2. The highest BCUT2D eigenvalue weighted by Crippen LogP contribution is 2.27. The summed E-state index contributed by atoms with van der Waals surface area (Å²) in [5.74, 6) is -1.52. The Balaban J connectivity index is 1.66. The van der Waals surface area contributed by atoms with Crippen molar-refractivity contribution < 1.29 is 18.7 Å². The zero-order valence-corrected chi connectivity index (χ0v) is 19.4. The van der Waals surface area contributed by atoms with Gasteiger partial charge in [-0.2, -0.15) is 5.26 Å². The van der Waals surface area contributed by atoms with Crippen LogP contribution < -0.4 is 15.4 Å². The number of nitriles is 1. The molecule has 0 radical (unpaired) electrons. The van der Waals surface area contributed by atoms with Crippen molar-refractivity contribution >= 4 is 52.5 Å². The molecule has 0 aliphatic heterocycles. The van der Waals surface area contributed by atoms with Gasteiger partial charge in [0.1, 0.15) is 23.2 Å². The lowest BCUT2D eigenvalue weighted by atomic mass is 10.1. The summed E-state index contributed by atoms with van der Waals surface area (Å²) >= 11 is 12.2. The molecule has 0 saturated carbocycles. The van der Waals surface area contributed by atoms with Crippen molar-refractivity contribution in [2.45, 2.75) is 6.92 Å². The highest BCUT2D eigenvalue weighted by Gasteiger charge is 2.13. The molecule has 3 rings (SSSR count). The third-order valence-electron chi connectivity index (χ3n) is 4.59. The van der Waals surface area contributed by atoms with Crippen molar-refractivity contribution in [3.63, 3.8) is 0 Å². The van der Waals surface area contributed by atoms with Gasteiger partial charge in [-0.1, -0.05) is 47.5 Å². The standard InChI is InChI=1S/C25H18Cl2FN3O3/c1-15-6-8-18(26)12-22(15)31-25(33)17(13-29)10-16-7-9-23(19(27)11-16)34-14-24(32)30-21-5-3-2-4-20(21)28/h2-12H,14H2,1H3,(H,30,32)(H,31,33). The van der Waals surface area contributed by atoms with Crippen LogP contribution in [-0.4, -0.2) is 18.4 Å². The maximum absolute atomic E-state index is 13.6. The molecule has 0 aliphatic rings. The number of nitrogens with zero attached hydrogens (tertiary/aromatic N) is 1. The van der Waals surface area contributed by atoms with Gasteiger partial charge in [0, 0.05) is 10.7 Å². The second-order valence-corrected chi connectivity index (χ2v) is 7.93. The van der Waals surface area contributed by atoms with Gasteiger partial charge in [-0.3, -0.25) is 9.59 Å². The minimum atomic E-state index is -0.603. The molecule has 0 heterocycles. The van der Waals surface area contributed by atoms with Crippen molar-refractivity contribution in [3.05, 3.63) is 93.2 Å². The summed E-state index contributed by atoms with van der Waals surface area (Å²) in [7, 11) is 0. The van der Waals surface area contributed by atoms with E-state index in [2.05, 4.69) is 10.6 Å². The van der Waals surface area contributed by atoms with Gasteiger partial charge < -0.3 is 15.4 Å². The molecule has 3 aromatic carbocycles. The number of aryl methyl sites for hydroxylation is 1. The first-order valence-electron chi connectivity index (χ1n) is 9.93. The Kier molecular flexibility index (Phi) is 8.25. The molecular formula is C25H18Cl2FN3O3. The monoisotopic (exact) mass is 497 g/mol. The molecule has 6 nitrogen and oxygen atoms in total. The number of ether oxygens (including phenoxy) is 1. The molecule has 0 saturated heterocycles. The summed E-state index contributed by atoms with van der Waals surface area (Å²) in [6.45, 7) is 1.41. The van der Waals surface area contributed by atoms with E-state index in [0.29, 0.717) is 16.3 Å². The van der Waals surface area contributed by atoms with E-state index in [4.69, 9.17) is 27.9 Å². The predicted molar refractivity (Wildman–Crippen MR) is 130 cm³/mol. The Morgan fingerprint density at radius 3 is 2.53 bits per heavy atom. The van der Waals surface area contributed by atoms with Crippen LogP contribution in [0.4, 0.5) is 15.8 Å². The van der Waals surface area contributed by atoms with Gasteiger partial charge in [0.15, 0.2) is 6.61 Å². The smallest absolute Gasteiger partial charge is 0.266 e. The molecule has 0 fully saturated rings. The van der Waals surface area contributed by atoms with Crippen molar-refractivity contribution in [1.29, 1.82) is 5.26 Å². The predicted octanol–water partition coefficient (Wildman–Crippen LogP) is 6.00. The third-order valence-corrected chi connectivity index (χ3v) is 5.12. The van der Waals surface area contributed by atoms with Crippen LogP contribution in [0.2, 0.25) is 10.0 Å². The summed E-state index contributed by atoms with van der Waals surface area (Å²) in [6.07, 6.45) is 1.37. The van der Waals surface area contributed by atoms with E-state index in [-0.39, 0.29) is 22.0 Å². The molecule has 2 amide bonds. The number of amides is 2. The molecule has 0 spiro atoms. The fourth-order valence-electron chi connectivity index (χ4n) is 2.85. The fourth-order valence-corrected chi connectivity index (χ4v) is 3.27. The maximum Gasteiger partial charge on any atom is 0.266 e. The molecule has 0 aliphatic carbocycles. The highest BCUT2D eigenvalue weighted by atomic mass is 35.5. The zero-order chi connectivity index (χ0) is 24.7. The van der Waals surface area contributed by atoms with E-state index in [1.54, 1.807) is 37.3 Å². The van der Waals surface area contributed by atoms with Crippen molar-refractivity contribution in [3.8, 4) is 11.8 Å². The van der Waals surface area contributed by atoms with Crippen molar-refractivity contribution in [2.75, 3.05) is 17.2 Å². The van der Waals surface area contributed by atoms with E-state index in [1.807, 2.05) is 6.07 Å². The second kappa shape index (κ2) is 11.3. The Bertz CT molecular complexity index is 1320. The molecular weight excluding hydrogens is 480 g/mol. The minimum absolute atomic E-state index is 0.0398. The lowest BCUT2D eigenvalue weighted by Gasteiger charge is -2.10. The fraction of sp³-hybridized carbons (Fsp3) is 0.0800. The van der Waals surface area contributed by atoms with Gasteiger partial charge in [0.25, 0.3) is 11.8 Å². The first-order valence-corrected chi connectivity index (χ1v) is 10.7. The summed E-state index contributed by atoms with van der Waals surface area (Å²) < 4.78 is 19.0. The first kappa shape index (κ1) is 24.8. The van der Waals surface area contributed by atoms with Crippen LogP contribution in [-0.2, 0) is 9.59 Å². The number of nitrogens with one attached hydrogen (secondary N) is 2. The van der Waals surface area contributed by atoms with E-state index in [9.17, 15) is 19.2 Å². The maximum atomic E-state index is 13.6. The van der Waals surface area contributed by atoms with Crippen LogP contribution in [0.25, 0.3) is 6.08 Å². The summed E-state index contributed by atoms with van der Waals surface area (Å²) in [5, 5.41) is 15.1. The van der Waals surface area contributed by atoms with Gasteiger partial charge in [-0.25, -0.2) is 4.39 Å². The highest BCUT2D eigenvalue weighted by molar-refractivity contribution is 6.32. The SMILES string of the molecule is Cc1ccc(Cl)cc1NC(=O)C(C#N)=Cc1ccc(OCC(=O)Nc2ccccc2F)c(Cl)c1. The van der Waals surface area contributed by atoms with Gasteiger partial charge in [0.05, 0.1) is 10.7 Å². The average molecular weight is 498 g/mol. The molecule has 34 heavy (non-hydrogen) atoms. The van der Waals surface area contributed by atoms with Crippen molar-refractivity contribution in [2.24, 2.45) is 0 Å². The first-order chi connectivity index (χ1) is 16.3. The van der Waals surface area contributed by atoms with E-state index in [1.165, 1.54) is 36.4 Å². The quantitative estimate of drug-likeness (QED) is 0.309. The molecule has 2 N–H and O–H groups in total. The normalized spacial score (nSPS) is 10.9. The number of hydrogen-bond acceptors (Lipinski definition) is 4. The number of hydrogen-bond donors (Lipinski definition) is 2. The molecule has 172 valence electrons. The summed E-state index contributed by atoms with van der Waals surface area (Å²) in [4.78, 5) is 24.6. The number of para-hydroxylation sites is 1. The van der Waals surface area contributed by atoms with Crippen molar-refractivity contribution in [1.82, 2.24) is 0 Å². The Morgan fingerprint density at radius 1 is 1.06 bits per heavy atom. The summed E-state index contributed by atoms with van der Waals surface area (Å²) in [6, 6.07) is 17.2. The number of anilines is 2. The van der Waals surface area contributed by atoms with Crippen LogP contribution in [0.3, 0.4) is 0 Å². The Labute approximate surface area is 205 Å². The number of benzene rings is 3. The number of rotatable bonds is 7. The molecule has 0 bridgehead atoms. The zero-order valence-electron chi connectivity index (χ0n) is 17.9. The average Bonchev–Trinajstić information content (AvgIpc) is 2.80. The van der Waals surface area contributed by atoms with Crippen LogP contribution in [0, 0.1) is 24.1 Å².